The summed E-state index contributed by atoms with van der Waals surface area (Å²) in [5.74, 6) is 0.783. The first-order chi connectivity index (χ1) is 11.2. The topological polar surface area (TPSA) is 50.7 Å². The molecule has 24 heavy (non-hydrogen) atoms. The Bertz CT molecular complexity index is 632. The van der Waals surface area contributed by atoms with Gasteiger partial charge < -0.3 is 19.9 Å². The summed E-state index contributed by atoms with van der Waals surface area (Å²) in [5.41, 5.74) is 0.721. The Balaban J connectivity index is 0.00000208. The molecular formula is C19H24ClNO3. The van der Waals surface area contributed by atoms with Crippen LogP contribution in [0.3, 0.4) is 0 Å². The zero-order valence-electron chi connectivity index (χ0n) is 13.8. The summed E-state index contributed by atoms with van der Waals surface area (Å²) in [6, 6.07) is 17.5. The summed E-state index contributed by atoms with van der Waals surface area (Å²) in [7, 11) is 1.65. The molecule has 0 aliphatic carbocycles. The first kappa shape index (κ1) is 18.7. The van der Waals surface area contributed by atoms with Crippen LogP contribution in [0.4, 0.5) is 0 Å². The third-order valence-electron chi connectivity index (χ3n) is 4.39. The van der Waals surface area contributed by atoms with Crippen molar-refractivity contribution in [3.63, 3.8) is 0 Å². The first-order valence-corrected chi connectivity index (χ1v) is 7.96. The molecule has 0 radical (unpaired) electrons. The number of morpholine rings is 1. The van der Waals surface area contributed by atoms with Gasteiger partial charge in [0.1, 0.15) is 17.5 Å². The zero-order chi connectivity index (χ0) is 16.1. The second-order valence-electron chi connectivity index (χ2n) is 5.84. The molecule has 4 nitrogen and oxygen atoms in total. The zero-order valence-corrected chi connectivity index (χ0v) is 14.6. The number of benzene rings is 2. The smallest absolute Gasteiger partial charge is 0.122 e. The third kappa shape index (κ3) is 3.90. The van der Waals surface area contributed by atoms with E-state index >= 15 is 0 Å². The molecule has 3 rings (SSSR count). The normalized spacial score (nSPS) is 19.8. The van der Waals surface area contributed by atoms with E-state index in [1.807, 2.05) is 54.6 Å². The van der Waals surface area contributed by atoms with E-state index in [0.717, 1.165) is 23.4 Å². The van der Waals surface area contributed by atoms with Gasteiger partial charge in [0.25, 0.3) is 0 Å². The summed E-state index contributed by atoms with van der Waals surface area (Å²) in [4.78, 5) is 0. The van der Waals surface area contributed by atoms with E-state index in [4.69, 9.17) is 9.47 Å². The molecule has 1 heterocycles. The fraction of sp³-hybridized carbons (Fsp3) is 0.368. The van der Waals surface area contributed by atoms with Crippen LogP contribution in [0.2, 0.25) is 0 Å². The van der Waals surface area contributed by atoms with Gasteiger partial charge in [0.05, 0.1) is 13.7 Å². The fourth-order valence-electron chi connectivity index (χ4n) is 3.14. The highest BCUT2D eigenvalue weighted by Crippen LogP contribution is 2.34. The maximum Gasteiger partial charge on any atom is 0.122 e. The second kappa shape index (κ2) is 8.49. The van der Waals surface area contributed by atoms with Crippen LogP contribution < -0.4 is 10.1 Å². The average Bonchev–Trinajstić information content (AvgIpc) is 2.63. The summed E-state index contributed by atoms with van der Waals surface area (Å²) < 4.78 is 11.3. The molecule has 1 aliphatic heterocycles. The van der Waals surface area contributed by atoms with E-state index < -0.39 is 5.60 Å². The van der Waals surface area contributed by atoms with Crippen LogP contribution in [0, 0.1) is 0 Å². The summed E-state index contributed by atoms with van der Waals surface area (Å²) >= 11 is 0. The van der Waals surface area contributed by atoms with E-state index in [1.54, 1.807) is 7.11 Å². The molecule has 0 spiro atoms. The van der Waals surface area contributed by atoms with Crippen LogP contribution in [0.25, 0.3) is 0 Å². The molecule has 0 bridgehead atoms. The lowest BCUT2D eigenvalue weighted by atomic mass is 9.81. The Morgan fingerprint density at radius 1 is 1.17 bits per heavy atom. The van der Waals surface area contributed by atoms with Crippen LogP contribution >= 0.6 is 12.4 Å². The van der Waals surface area contributed by atoms with Crippen LogP contribution in [0.1, 0.15) is 11.1 Å². The van der Waals surface area contributed by atoms with E-state index in [0.29, 0.717) is 19.6 Å². The highest BCUT2D eigenvalue weighted by Gasteiger charge is 2.40. The predicted octanol–water partition coefficient (Wildman–Crippen LogP) is 2.54. The molecule has 0 aromatic heterocycles. The largest absolute Gasteiger partial charge is 0.496 e. The highest BCUT2D eigenvalue weighted by atomic mass is 35.5. The third-order valence-corrected chi connectivity index (χ3v) is 4.39. The van der Waals surface area contributed by atoms with Crippen LogP contribution in [-0.4, -0.2) is 38.0 Å². The van der Waals surface area contributed by atoms with Crippen molar-refractivity contribution in [3.8, 4) is 5.75 Å². The molecule has 0 amide bonds. The summed E-state index contributed by atoms with van der Waals surface area (Å²) in [6.07, 6.45) is 0.136. The van der Waals surface area contributed by atoms with Gasteiger partial charge in [0.15, 0.2) is 0 Å². The molecule has 2 atom stereocenters. The van der Waals surface area contributed by atoms with E-state index in [9.17, 15) is 5.11 Å². The minimum Gasteiger partial charge on any atom is -0.496 e. The summed E-state index contributed by atoms with van der Waals surface area (Å²) in [6.45, 7) is 2.04. The number of hydrogen-bond donors (Lipinski definition) is 2. The lowest BCUT2D eigenvalue weighted by molar-refractivity contribution is -0.124. The average molecular weight is 350 g/mol. The molecular weight excluding hydrogens is 326 g/mol. The van der Waals surface area contributed by atoms with Crippen LogP contribution in [0.15, 0.2) is 54.6 Å². The molecule has 2 N–H and O–H groups in total. The quantitative estimate of drug-likeness (QED) is 0.871. The number of rotatable bonds is 5. The van der Waals surface area contributed by atoms with Crippen molar-refractivity contribution in [1.82, 2.24) is 5.32 Å². The standard InChI is InChI=1S/C19H23NO3.ClH/c1-22-17-10-6-5-7-15(17)13-19(21,16-8-3-2-4-9-16)18-14-20-11-12-23-18;/h2-10,18,20-21H,11-14H2,1H3;1H. The molecule has 0 saturated carbocycles. The van der Waals surface area contributed by atoms with Gasteiger partial charge in [-0.3, -0.25) is 0 Å². The number of methoxy groups -OCH3 is 1. The van der Waals surface area contributed by atoms with Gasteiger partial charge in [0.2, 0.25) is 0 Å². The first-order valence-electron chi connectivity index (χ1n) is 7.96. The maximum absolute atomic E-state index is 11.6. The van der Waals surface area contributed by atoms with Crippen molar-refractivity contribution in [3.05, 3.63) is 65.7 Å². The number of ether oxygens (including phenoxy) is 2. The summed E-state index contributed by atoms with van der Waals surface area (Å²) in [5, 5.41) is 14.9. The van der Waals surface area contributed by atoms with Gasteiger partial charge in [-0.1, -0.05) is 48.5 Å². The molecule has 1 fully saturated rings. The Kier molecular flexibility index (Phi) is 6.63. The SMILES string of the molecule is COc1ccccc1CC(O)(c1ccccc1)C1CNCCO1.Cl. The maximum atomic E-state index is 11.6. The molecule has 2 aromatic carbocycles. The lowest BCUT2D eigenvalue weighted by Gasteiger charge is -2.39. The van der Waals surface area contributed by atoms with Crippen LogP contribution in [-0.2, 0) is 16.8 Å². The number of para-hydroxylation sites is 1. The Hall–Kier alpha value is -1.59. The van der Waals surface area contributed by atoms with Crippen molar-refractivity contribution in [2.45, 2.75) is 18.1 Å². The molecule has 130 valence electrons. The highest BCUT2D eigenvalue weighted by molar-refractivity contribution is 5.85. The van der Waals surface area contributed by atoms with Crippen molar-refractivity contribution in [2.75, 3.05) is 26.8 Å². The Morgan fingerprint density at radius 2 is 1.88 bits per heavy atom. The number of hydrogen-bond acceptors (Lipinski definition) is 4. The second-order valence-corrected chi connectivity index (χ2v) is 5.84. The van der Waals surface area contributed by atoms with Crippen molar-refractivity contribution >= 4 is 12.4 Å². The Morgan fingerprint density at radius 3 is 2.54 bits per heavy atom. The molecule has 5 heteroatoms. The molecule has 2 aromatic rings. The minimum atomic E-state index is -1.11. The van der Waals surface area contributed by atoms with Gasteiger partial charge in [0, 0.05) is 19.5 Å². The van der Waals surface area contributed by atoms with E-state index in [-0.39, 0.29) is 18.5 Å². The minimum absolute atomic E-state index is 0. The van der Waals surface area contributed by atoms with Crippen molar-refractivity contribution in [2.24, 2.45) is 0 Å². The van der Waals surface area contributed by atoms with Crippen molar-refractivity contribution in [1.29, 1.82) is 0 Å². The van der Waals surface area contributed by atoms with E-state index in [1.165, 1.54) is 0 Å². The molecule has 1 saturated heterocycles. The molecule has 1 aliphatic rings. The molecule has 2 unspecified atom stereocenters. The Labute approximate surface area is 149 Å². The van der Waals surface area contributed by atoms with Crippen molar-refractivity contribution < 1.29 is 14.6 Å². The van der Waals surface area contributed by atoms with E-state index in [2.05, 4.69) is 5.32 Å². The number of nitrogens with one attached hydrogen (secondary N) is 1. The van der Waals surface area contributed by atoms with Gasteiger partial charge in [-0.15, -0.1) is 12.4 Å². The number of aliphatic hydroxyl groups is 1. The monoisotopic (exact) mass is 349 g/mol. The predicted molar refractivity (Wildman–Crippen MR) is 96.9 cm³/mol. The van der Waals surface area contributed by atoms with Gasteiger partial charge in [-0.2, -0.15) is 0 Å². The number of halogens is 1. The lowest BCUT2D eigenvalue weighted by Crippen LogP contribution is -2.52. The fourth-order valence-corrected chi connectivity index (χ4v) is 3.14. The van der Waals surface area contributed by atoms with Crippen LogP contribution in [0.5, 0.6) is 5.75 Å². The van der Waals surface area contributed by atoms with Gasteiger partial charge in [-0.25, -0.2) is 0 Å². The van der Waals surface area contributed by atoms with Gasteiger partial charge >= 0.3 is 0 Å². The van der Waals surface area contributed by atoms with Gasteiger partial charge in [-0.05, 0) is 17.2 Å².